The van der Waals surface area contributed by atoms with Crippen LogP contribution < -0.4 is 17.0 Å². The van der Waals surface area contributed by atoms with Gasteiger partial charge >= 0.3 is 0 Å². The molecule has 1 aromatic carbocycles. The third-order valence-corrected chi connectivity index (χ3v) is 3.64. The SMILES string of the molecule is Cc1ccc(C(N)=O)cc1-c1cn2nc[nH]c(=O)c2c1C.NC=O. The van der Waals surface area contributed by atoms with Gasteiger partial charge < -0.3 is 16.5 Å². The summed E-state index contributed by atoms with van der Waals surface area (Å²) in [6.07, 6.45) is 3.39. The smallest absolute Gasteiger partial charge is 0.275 e. The van der Waals surface area contributed by atoms with Crippen LogP contribution in [-0.4, -0.2) is 26.9 Å². The van der Waals surface area contributed by atoms with Crippen molar-refractivity contribution >= 4 is 17.8 Å². The summed E-state index contributed by atoms with van der Waals surface area (Å²) in [7, 11) is 0. The van der Waals surface area contributed by atoms with E-state index >= 15 is 0 Å². The summed E-state index contributed by atoms with van der Waals surface area (Å²) in [5.74, 6) is -0.478. The van der Waals surface area contributed by atoms with Gasteiger partial charge in [0.1, 0.15) is 11.8 Å². The van der Waals surface area contributed by atoms with E-state index in [1.54, 1.807) is 22.8 Å². The van der Waals surface area contributed by atoms with E-state index in [1.165, 1.54) is 6.33 Å². The number of nitrogens with two attached hydrogens (primary N) is 2. The Labute approximate surface area is 137 Å². The molecule has 0 radical (unpaired) electrons. The van der Waals surface area contributed by atoms with Crippen molar-refractivity contribution in [1.29, 1.82) is 0 Å². The number of amides is 2. The summed E-state index contributed by atoms with van der Waals surface area (Å²) >= 11 is 0. The van der Waals surface area contributed by atoms with Crippen molar-refractivity contribution in [2.75, 3.05) is 0 Å². The number of benzene rings is 1. The van der Waals surface area contributed by atoms with E-state index in [1.807, 2.05) is 19.9 Å². The third-order valence-electron chi connectivity index (χ3n) is 3.64. The molecular formula is C16H17N5O3. The second-order valence-corrected chi connectivity index (χ2v) is 5.11. The van der Waals surface area contributed by atoms with Crippen LogP contribution in [0.15, 0.2) is 35.5 Å². The van der Waals surface area contributed by atoms with Crippen LogP contribution in [0.3, 0.4) is 0 Å². The quantitative estimate of drug-likeness (QED) is 0.590. The van der Waals surface area contributed by atoms with E-state index in [0.29, 0.717) is 11.1 Å². The number of carbonyl (C=O) groups excluding carboxylic acids is 2. The number of hydrogen-bond donors (Lipinski definition) is 3. The lowest BCUT2D eigenvalue weighted by molar-refractivity contribution is -0.106. The molecule has 0 atom stereocenters. The first-order valence-electron chi connectivity index (χ1n) is 7.02. The molecular weight excluding hydrogens is 310 g/mol. The number of primary amides is 2. The number of hydrogen-bond acceptors (Lipinski definition) is 4. The van der Waals surface area contributed by atoms with Crippen molar-refractivity contribution in [3.05, 3.63) is 57.8 Å². The second-order valence-electron chi connectivity index (χ2n) is 5.11. The van der Waals surface area contributed by atoms with Crippen LogP contribution in [0.4, 0.5) is 0 Å². The maximum atomic E-state index is 11.9. The first-order valence-corrected chi connectivity index (χ1v) is 7.02. The van der Waals surface area contributed by atoms with Gasteiger partial charge in [-0.1, -0.05) is 6.07 Å². The molecule has 124 valence electrons. The molecule has 0 bridgehead atoms. The largest absolute Gasteiger partial charge is 0.372 e. The van der Waals surface area contributed by atoms with Crippen LogP contribution in [-0.2, 0) is 4.79 Å². The molecule has 0 aliphatic heterocycles. The van der Waals surface area contributed by atoms with Gasteiger partial charge in [-0.25, -0.2) is 4.52 Å². The maximum Gasteiger partial charge on any atom is 0.275 e. The van der Waals surface area contributed by atoms with Gasteiger partial charge in [-0.2, -0.15) is 5.10 Å². The Bertz CT molecular complexity index is 971. The van der Waals surface area contributed by atoms with Gasteiger partial charge in [0.25, 0.3) is 5.56 Å². The number of aryl methyl sites for hydroxylation is 2. The number of H-pyrrole nitrogens is 1. The third kappa shape index (κ3) is 3.02. The monoisotopic (exact) mass is 327 g/mol. The number of aromatic nitrogens is 3. The normalized spacial score (nSPS) is 10.1. The van der Waals surface area contributed by atoms with Crippen molar-refractivity contribution in [2.45, 2.75) is 13.8 Å². The van der Waals surface area contributed by atoms with Crippen molar-refractivity contribution in [3.8, 4) is 11.1 Å². The fourth-order valence-corrected chi connectivity index (χ4v) is 2.50. The topological polar surface area (TPSA) is 136 Å². The first-order chi connectivity index (χ1) is 11.4. The Morgan fingerprint density at radius 3 is 2.54 bits per heavy atom. The number of nitrogens with one attached hydrogen (secondary N) is 1. The summed E-state index contributed by atoms with van der Waals surface area (Å²) in [5.41, 5.74) is 13.8. The minimum atomic E-state index is -0.478. The Kier molecular flexibility index (Phi) is 4.78. The Hall–Kier alpha value is -3.42. The summed E-state index contributed by atoms with van der Waals surface area (Å²) in [5, 5.41) is 4.11. The molecule has 2 aromatic heterocycles. The number of fused-ring (bicyclic) bond motifs is 1. The van der Waals surface area contributed by atoms with E-state index < -0.39 is 5.91 Å². The molecule has 8 nitrogen and oxygen atoms in total. The van der Waals surface area contributed by atoms with Gasteiger partial charge in [-0.3, -0.25) is 14.4 Å². The maximum absolute atomic E-state index is 11.9. The van der Waals surface area contributed by atoms with Gasteiger partial charge in [-0.05, 0) is 42.7 Å². The fourth-order valence-electron chi connectivity index (χ4n) is 2.50. The van der Waals surface area contributed by atoms with Crippen LogP contribution in [0.25, 0.3) is 16.6 Å². The molecule has 5 N–H and O–H groups in total. The average molecular weight is 327 g/mol. The van der Waals surface area contributed by atoms with Crippen molar-refractivity contribution in [2.24, 2.45) is 11.5 Å². The molecule has 0 aliphatic rings. The summed E-state index contributed by atoms with van der Waals surface area (Å²) < 4.78 is 1.54. The van der Waals surface area contributed by atoms with E-state index in [0.717, 1.165) is 22.3 Å². The summed E-state index contributed by atoms with van der Waals surface area (Å²) in [6.45, 7) is 3.80. The van der Waals surface area contributed by atoms with E-state index in [-0.39, 0.29) is 12.0 Å². The zero-order valence-electron chi connectivity index (χ0n) is 13.2. The van der Waals surface area contributed by atoms with Crippen molar-refractivity contribution in [3.63, 3.8) is 0 Å². The van der Waals surface area contributed by atoms with Gasteiger partial charge in [0.05, 0.1) is 0 Å². The van der Waals surface area contributed by atoms with E-state index in [2.05, 4.69) is 15.8 Å². The predicted octanol–water partition coefficient (Wildman–Crippen LogP) is 0.507. The molecule has 2 heterocycles. The zero-order valence-corrected chi connectivity index (χ0v) is 13.2. The van der Waals surface area contributed by atoms with Gasteiger partial charge in [0.2, 0.25) is 12.3 Å². The highest BCUT2D eigenvalue weighted by atomic mass is 16.1. The highest BCUT2D eigenvalue weighted by Gasteiger charge is 2.15. The molecule has 0 saturated carbocycles. The first kappa shape index (κ1) is 16.9. The lowest BCUT2D eigenvalue weighted by atomic mass is 9.97. The second kappa shape index (κ2) is 6.78. The van der Waals surface area contributed by atoms with Crippen molar-refractivity contribution in [1.82, 2.24) is 14.6 Å². The lowest BCUT2D eigenvalue weighted by Gasteiger charge is -2.07. The molecule has 3 rings (SSSR count). The molecule has 0 spiro atoms. The minimum absolute atomic E-state index is 0.197. The van der Waals surface area contributed by atoms with Crippen LogP contribution in [0, 0.1) is 13.8 Å². The lowest BCUT2D eigenvalue weighted by Crippen LogP contribution is -2.11. The molecule has 3 aromatic rings. The number of rotatable bonds is 2. The molecule has 24 heavy (non-hydrogen) atoms. The van der Waals surface area contributed by atoms with Gasteiger partial charge in [0.15, 0.2) is 0 Å². The predicted molar refractivity (Wildman–Crippen MR) is 89.5 cm³/mol. The Morgan fingerprint density at radius 1 is 1.29 bits per heavy atom. The van der Waals surface area contributed by atoms with Crippen LogP contribution in [0.1, 0.15) is 21.5 Å². The zero-order chi connectivity index (χ0) is 17.9. The molecule has 0 aliphatic carbocycles. The summed E-state index contributed by atoms with van der Waals surface area (Å²) in [4.78, 5) is 34.4. The van der Waals surface area contributed by atoms with E-state index in [9.17, 15) is 9.59 Å². The number of aromatic amines is 1. The standard InChI is InChI=1S/C15H14N4O2.CH3NO/c1-8-3-4-10(14(16)20)5-11(8)12-6-19-13(9(12)2)15(21)17-7-18-19;2-1-3/h3-7H,1-2H3,(H2,16,20)(H,17,18,21);1H,(H2,2,3). The van der Waals surface area contributed by atoms with Gasteiger partial charge in [-0.15, -0.1) is 0 Å². The molecule has 0 saturated heterocycles. The molecule has 0 unspecified atom stereocenters. The average Bonchev–Trinajstić information content (AvgIpc) is 2.86. The number of nitrogens with zero attached hydrogens (tertiary/aromatic N) is 2. The van der Waals surface area contributed by atoms with Crippen LogP contribution in [0.5, 0.6) is 0 Å². The van der Waals surface area contributed by atoms with Crippen molar-refractivity contribution < 1.29 is 9.59 Å². The van der Waals surface area contributed by atoms with Crippen LogP contribution >= 0.6 is 0 Å². The highest BCUT2D eigenvalue weighted by Crippen LogP contribution is 2.29. The molecule has 8 heteroatoms. The number of carbonyl (C=O) groups is 2. The Balaban J connectivity index is 0.000000647. The minimum Gasteiger partial charge on any atom is -0.372 e. The van der Waals surface area contributed by atoms with E-state index in [4.69, 9.17) is 10.5 Å². The van der Waals surface area contributed by atoms with Gasteiger partial charge in [0, 0.05) is 17.3 Å². The molecule has 0 fully saturated rings. The molecule has 2 amide bonds. The Morgan fingerprint density at radius 2 is 1.96 bits per heavy atom. The highest BCUT2D eigenvalue weighted by molar-refractivity contribution is 5.95. The van der Waals surface area contributed by atoms with Crippen LogP contribution in [0.2, 0.25) is 0 Å². The summed E-state index contributed by atoms with van der Waals surface area (Å²) in [6, 6.07) is 5.28. The fraction of sp³-hybridized carbons (Fsp3) is 0.125.